The Bertz CT molecular complexity index is 6580. The number of H-pyrrole nitrogens is 5. The van der Waals surface area contributed by atoms with Crippen molar-refractivity contribution in [3.05, 3.63) is 311 Å². The number of aryl methyl sites for hydroxylation is 11. The lowest BCUT2D eigenvalue weighted by molar-refractivity contribution is -0.132. The number of carbonyl (C=O) groups excluding carboxylic acids is 1. The third kappa shape index (κ3) is 37.4. The van der Waals surface area contributed by atoms with Crippen LogP contribution in [0.5, 0.6) is 5.88 Å². The van der Waals surface area contributed by atoms with Crippen LogP contribution in [0.3, 0.4) is 0 Å². The number of anilines is 1. The normalized spacial score (nSPS) is 11.9. The zero-order valence-corrected chi connectivity index (χ0v) is 87.5. The van der Waals surface area contributed by atoms with E-state index in [4.69, 9.17) is 116 Å². The summed E-state index contributed by atoms with van der Waals surface area (Å²) < 4.78 is 19.0. The number of pyridine rings is 5. The number of rotatable bonds is 26. The molecule has 135 heavy (non-hydrogen) atoms. The van der Waals surface area contributed by atoms with Crippen molar-refractivity contribution in [2.75, 3.05) is 37.6 Å². The van der Waals surface area contributed by atoms with E-state index in [0.717, 1.165) is 158 Å². The number of thioether (sulfide) groups is 7. The standard InChI is InChI=1S/C17H22ClN5OS.C14H14ClN3O2S.C13H17N3O2S.2C11H9Cl2N3OS.C11H9Cl2N3S2.C11H12N4S/c1-3-22-6-8-23(9-7-22)14-5-4-13(16(18)20-14)11-25-17-19-12(2)10-15(24)21-17;1-8-5-16-6-12(15)11(8)7-21-14-17-9(2)4-13(18-14)20-10(3)19;1-4-10-9(11(5-2)18-16-10)7-19-13-14-8(3)6-12(17)15-13;1-6-2-15-11(16-10(6)17)18-5-7-8(12)3-14-4-9(7)13;2*1-6-2-10(17)16-11(15-6)18-5-7-8(12)3-14-4-9(7)13;1-8-3-9(2)15-11(14-8)16-6-10-4-12-7-13-5-10/h4-5,10H,3,6-9,11H2,1-2H3,(H,19,21,24);4-6H,7H2,1-3H3;6H,4-5,7H2,1-3H3,(H,14,15,17);3*2-4H,5H2,1H3,(H,15,16,17);3-5,7H,6H2,1-2H3/i;;;;5D;;. The SMILES string of the molecule is CC(=O)Oc1cc(C)nc(SCc2c(C)cncc2Cl)n1.CCN1CCN(c2ccc(CSc3nc(C)cc(=O)[nH]3)c(Cl)n2)CC1.CCc1noc(CC)c1CSc1nc(C)cc(=O)[nH]1.Cc1cc(=S)nc(SCc2c(Cl)cncc2Cl)[nH]1.Cc1cc(C)nc(SCc2cncnc2)n1.Cc1cnc(SCc2c(Cl)cncc2Cl)[nH]c1=O.[2H]C(Sc1nc(C)cc(=O)[nH]1)c1c(Cl)cncc1Cl. The fraction of sp³-hybridized carbons (Fsp3) is 0.307. The quantitative estimate of drug-likeness (QED) is 0.0110. The van der Waals surface area contributed by atoms with Gasteiger partial charge in [0.25, 0.3) is 22.2 Å². The Morgan fingerprint density at radius 3 is 1.40 bits per heavy atom. The van der Waals surface area contributed by atoms with Gasteiger partial charge in [0.15, 0.2) is 36.1 Å². The molecule has 0 aliphatic carbocycles. The van der Waals surface area contributed by atoms with Crippen molar-refractivity contribution < 1.29 is 15.4 Å². The molecule has 31 nitrogen and oxygen atoms in total. The van der Waals surface area contributed by atoms with Crippen molar-refractivity contribution in [2.24, 2.45) is 0 Å². The maximum atomic E-state index is 11.5. The molecule has 15 rings (SSSR count). The second-order valence-corrected chi connectivity index (χ2v) is 39.0. The highest BCUT2D eigenvalue weighted by Crippen LogP contribution is 2.35. The molecule has 1 fully saturated rings. The summed E-state index contributed by atoms with van der Waals surface area (Å²) >= 11 is 63.5. The number of ether oxygens (including phenoxy) is 1. The fourth-order valence-electron chi connectivity index (χ4n) is 11.4. The van der Waals surface area contributed by atoms with Gasteiger partial charge in [-0.15, -0.1) is 0 Å². The van der Waals surface area contributed by atoms with Gasteiger partial charge in [0.2, 0.25) is 5.88 Å². The van der Waals surface area contributed by atoms with Crippen LogP contribution in [0.1, 0.15) is 130 Å². The lowest BCUT2D eigenvalue weighted by atomic mass is 10.1. The molecule has 0 radical (unpaired) electrons. The fourth-order valence-corrected chi connectivity index (χ4v) is 20.8. The first kappa shape index (κ1) is 108. The van der Waals surface area contributed by atoms with Crippen molar-refractivity contribution in [3.8, 4) is 5.88 Å². The number of carbonyl (C=O) groups is 1. The number of hydrogen-bond acceptors (Lipinski definition) is 34. The Kier molecular flexibility index (Phi) is 45.0. The van der Waals surface area contributed by atoms with Crippen LogP contribution < -0.4 is 31.9 Å². The van der Waals surface area contributed by atoms with E-state index in [1.54, 1.807) is 63.4 Å². The molecule has 1 atom stereocenters. The molecule has 5 N–H and O–H groups in total. The number of likely N-dealkylation sites (N-methyl/N-ethyl adjacent to an activating group) is 1. The molecule has 1 aliphatic heterocycles. The molecule has 1 saturated heterocycles. The molecular weight excluding hydrogens is 2050 g/mol. The van der Waals surface area contributed by atoms with Crippen LogP contribution in [-0.2, 0) is 57.9 Å². The smallest absolute Gasteiger partial charge is 0.309 e. The van der Waals surface area contributed by atoms with Crippen LogP contribution in [0.4, 0.5) is 5.82 Å². The summed E-state index contributed by atoms with van der Waals surface area (Å²) in [7, 11) is 0. The van der Waals surface area contributed by atoms with Gasteiger partial charge in [-0.05, 0) is 110 Å². The van der Waals surface area contributed by atoms with E-state index < -0.39 is 11.7 Å². The van der Waals surface area contributed by atoms with Gasteiger partial charge in [0.05, 0.1) is 40.9 Å². The topological polar surface area (TPSA) is 412 Å². The lowest BCUT2D eigenvalue weighted by Gasteiger charge is -2.34. The van der Waals surface area contributed by atoms with E-state index >= 15 is 0 Å². The second kappa shape index (κ2) is 56.2. The zero-order valence-electron chi connectivity index (χ0n) is 76.0. The highest BCUT2D eigenvalue weighted by atomic mass is 35.5. The first-order valence-electron chi connectivity index (χ1n) is 41.4. The molecule has 1 unspecified atom stereocenters. The van der Waals surface area contributed by atoms with Gasteiger partial charge in [-0.2, -0.15) is 4.98 Å². The van der Waals surface area contributed by atoms with E-state index in [-0.39, 0.29) is 28.1 Å². The van der Waals surface area contributed by atoms with Crippen LogP contribution in [0.15, 0.2) is 183 Å². The minimum atomic E-state index is -0.798. The number of nitrogens with zero attached hydrogens (tertiary/aromatic N) is 19. The summed E-state index contributed by atoms with van der Waals surface area (Å²) in [4.78, 5) is 142. The van der Waals surface area contributed by atoms with Crippen LogP contribution in [0.25, 0.3) is 0 Å². The highest BCUT2D eigenvalue weighted by molar-refractivity contribution is 7.99. The molecule has 0 spiro atoms. The third-order valence-corrected chi connectivity index (χ3v) is 27.1. The van der Waals surface area contributed by atoms with Crippen LogP contribution in [0.2, 0.25) is 40.3 Å². The summed E-state index contributed by atoms with van der Waals surface area (Å²) in [5, 5.41) is 12.2. The van der Waals surface area contributed by atoms with Gasteiger partial charge >= 0.3 is 5.97 Å². The average molecular weight is 2140 g/mol. The minimum absolute atomic E-state index is 0.119. The molecule has 15 heterocycles. The summed E-state index contributed by atoms with van der Waals surface area (Å²) in [6.07, 6.45) is 20.8. The predicted molar refractivity (Wildman–Crippen MR) is 547 cm³/mol. The molecule has 0 bridgehead atoms. The van der Waals surface area contributed by atoms with E-state index in [1.165, 1.54) is 121 Å². The largest absolute Gasteiger partial charge is 0.407 e. The number of piperazine rings is 1. The average Bonchev–Trinajstić information content (AvgIpc) is 0.947. The molecule has 14 aromatic rings. The Labute approximate surface area is 854 Å². The third-order valence-electron chi connectivity index (χ3n) is 18.1. The maximum Gasteiger partial charge on any atom is 0.309 e. The van der Waals surface area contributed by atoms with Gasteiger partial charge in [-0.25, -0.2) is 54.8 Å². The van der Waals surface area contributed by atoms with Gasteiger partial charge in [-0.3, -0.25) is 43.9 Å². The van der Waals surface area contributed by atoms with Crippen molar-refractivity contribution in [3.63, 3.8) is 0 Å². The van der Waals surface area contributed by atoms with E-state index in [9.17, 15) is 24.0 Å². The van der Waals surface area contributed by atoms with Gasteiger partial charge in [-0.1, -0.05) is 219 Å². The number of hydrogen-bond donors (Lipinski definition) is 5. The number of aromatic amines is 5. The monoisotopic (exact) mass is 2130 g/mol. The molecule has 0 amide bonds. The molecule has 47 heteroatoms. The second-order valence-electron chi connectivity index (χ2n) is 28.7. The summed E-state index contributed by atoms with van der Waals surface area (Å²) in [5.41, 5.74) is 13.1. The van der Waals surface area contributed by atoms with Crippen LogP contribution in [-0.4, -0.2) is 153 Å². The van der Waals surface area contributed by atoms with E-state index in [0.29, 0.717) is 122 Å². The maximum absolute atomic E-state index is 11.5. The Morgan fingerprint density at radius 1 is 0.452 bits per heavy atom. The van der Waals surface area contributed by atoms with Crippen LogP contribution in [0, 0.1) is 67.0 Å². The molecule has 1 aliphatic rings. The van der Waals surface area contributed by atoms with Crippen molar-refractivity contribution in [2.45, 2.75) is 179 Å². The Morgan fingerprint density at radius 2 is 0.911 bits per heavy atom. The molecular formula is C88H92Cl8N24O7S8. The lowest BCUT2D eigenvalue weighted by Crippen LogP contribution is -2.46. The Balaban J connectivity index is 0.000000179. The Hall–Kier alpha value is -8.98. The number of aromatic nitrogens is 22. The first-order valence-corrected chi connectivity index (χ1v) is 51.1. The number of esters is 1. The molecule has 14 aromatic heterocycles. The van der Waals surface area contributed by atoms with E-state index in [1.807, 2.05) is 85.1 Å². The van der Waals surface area contributed by atoms with Gasteiger partial charge in [0, 0.05) is 247 Å². The molecule has 0 saturated carbocycles. The predicted octanol–water partition coefficient (Wildman–Crippen LogP) is 21.2. The molecule has 0 aromatic carbocycles. The van der Waals surface area contributed by atoms with Crippen LogP contribution >= 0.6 is 187 Å². The van der Waals surface area contributed by atoms with Crippen molar-refractivity contribution in [1.82, 2.24) is 115 Å². The number of halogens is 8. The van der Waals surface area contributed by atoms with E-state index in [2.05, 4.69) is 133 Å². The summed E-state index contributed by atoms with van der Waals surface area (Å²) in [5.74, 6) is 5.57. The van der Waals surface area contributed by atoms with Crippen molar-refractivity contribution in [1.29, 1.82) is 0 Å². The van der Waals surface area contributed by atoms with Crippen molar-refractivity contribution >= 4 is 199 Å². The molecule has 710 valence electrons. The highest BCUT2D eigenvalue weighted by Gasteiger charge is 2.21. The van der Waals surface area contributed by atoms with Gasteiger partial charge < -0.3 is 44.0 Å². The van der Waals surface area contributed by atoms with Gasteiger partial charge in [0.1, 0.15) is 27.7 Å². The zero-order chi connectivity index (χ0) is 98.7. The number of nitrogens with one attached hydrogen (secondary N) is 5. The summed E-state index contributed by atoms with van der Waals surface area (Å²) in [6.45, 7) is 29.5. The summed E-state index contributed by atoms with van der Waals surface area (Å²) in [6, 6.07) is 13.8. The first-order chi connectivity index (χ1) is 65.0. The minimum Gasteiger partial charge on any atom is -0.407 e.